The maximum Gasteiger partial charge on any atom is 0.461 e. The predicted octanol–water partition coefficient (Wildman–Crippen LogP) is 3.17. The number of halogens is 5. The molecule has 0 aliphatic carbocycles. The van der Waals surface area contributed by atoms with E-state index in [-0.39, 0.29) is 12.0 Å². The number of esters is 1. The summed E-state index contributed by atoms with van der Waals surface area (Å²) in [5.74, 6) is -4.71. The number of alkyl halides is 2. The Morgan fingerprint density at radius 2 is 1.80 bits per heavy atom. The third kappa shape index (κ3) is 3.69. The SMILES string of the molecule is C=C(CC)C(=O)OC(F)(F)C(F)=C(F)F. The molecule has 0 N–H and O–H groups in total. The van der Waals surface area contributed by atoms with Crippen molar-refractivity contribution in [2.24, 2.45) is 0 Å². The molecule has 0 spiro atoms. The standard InChI is InChI=1S/C8H7F5O2/c1-3-4(2)7(14)15-8(12,13)5(9)6(10)11/h2-3H2,1H3. The van der Waals surface area contributed by atoms with Gasteiger partial charge < -0.3 is 4.74 Å². The van der Waals surface area contributed by atoms with Gasteiger partial charge in [0.05, 0.1) is 0 Å². The minimum atomic E-state index is -4.96. The van der Waals surface area contributed by atoms with E-state index in [0.717, 1.165) is 0 Å². The summed E-state index contributed by atoms with van der Waals surface area (Å²) >= 11 is 0. The van der Waals surface area contributed by atoms with E-state index in [1.54, 1.807) is 0 Å². The number of hydrogen-bond acceptors (Lipinski definition) is 2. The highest BCUT2D eigenvalue weighted by Gasteiger charge is 2.44. The van der Waals surface area contributed by atoms with E-state index in [0.29, 0.717) is 0 Å². The third-order valence-corrected chi connectivity index (χ3v) is 1.36. The van der Waals surface area contributed by atoms with Crippen molar-refractivity contribution in [1.82, 2.24) is 0 Å². The second-order valence-electron chi connectivity index (χ2n) is 2.44. The summed E-state index contributed by atoms with van der Waals surface area (Å²) in [6.45, 7) is 4.43. The Balaban J connectivity index is 4.73. The van der Waals surface area contributed by atoms with Crippen LogP contribution in [0.25, 0.3) is 0 Å². The Bertz CT molecular complexity index is 304. The molecule has 86 valence electrons. The van der Waals surface area contributed by atoms with Crippen LogP contribution in [0.2, 0.25) is 0 Å². The van der Waals surface area contributed by atoms with Gasteiger partial charge in [0.2, 0.25) is 0 Å². The molecule has 0 aliphatic rings. The minimum Gasteiger partial charge on any atom is -0.392 e. The molecule has 0 aromatic rings. The van der Waals surface area contributed by atoms with Crippen LogP contribution in [-0.2, 0) is 9.53 Å². The molecule has 0 aliphatic heterocycles. The highest BCUT2D eigenvalue weighted by Crippen LogP contribution is 2.31. The lowest BCUT2D eigenvalue weighted by molar-refractivity contribution is -0.218. The zero-order chi connectivity index (χ0) is 12.2. The van der Waals surface area contributed by atoms with Crippen molar-refractivity contribution in [1.29, 1.82) is 0 Å². The number of hydrogen-bond donors (Lipinski definition) is 0. The molecule has 0 saturated heterocycles. The first-order valence-electron chi connectivity index (χ1n) is 3.72. The molecule has 0 amide bonds. The van der Waals surface area contributed by atoms with Crippen molar-refractivity contribution in [2.75, 3.05) is 0 Å². The van der Waals surface area contributed by atoms with Crippen LogP contribution in [0.1, 0.15) is 13.3 Å². The van der Waals surface area contributed by atoms with Crippen LogP contribution >= 0.6 is 0 Å². The fraction of sp³-hybridized carbons (Fsp3) is 0.375. The number of ether oxygens (including phenoxy) is 1. The third-order valence-electron chi connectivity index (χ3n) is 1.36. The van der Waals surface area contributed by atoms with Crippen molar-refractivity contribution in [3.05, 3.63) is 24.1 Å². The Hall–Kier alpha value is -1.40. The average Bonchev–Trinajstić information content (AvgIpc) is 2.14. The van der Waals surface area contributed by atoms with Gasteiger partial charge >= 0.3 is 18.2 Å². The van der Waals surface area contributed by atoms with Crippen LogP contribution in [0.4, 0.5) is 22.0 Å². The lowest BCUT2D eigenvalue weighted by Gasteiger charge is -2.14. The molecule has 0 aromatic carbocycles. The molecule has 0 radical (unpaired) electrons. The van der Waals surface area contributed by atoms with Crippen LogP contribution in [0.3, 0.4) is 0 Å². The van der Waals surface area contributed by atoms with Gasteiger partial charge in [0.25, 0.3) is 5.83 Å². The van der Waals surface area contributed by atoms with E-state index in [1.165, 1.54) is 6.92 Å². The number of rotatable bonds is 4. The normalized spacial score (nSPS) is 10.8. The molecular weight excluding hydrogens is 223 g/mol. The van der Waals surface area contributed by atoms with Crippen molar-refractivity contribution in [2.45, 2.75) is 19.5 Å². The van der Waals surface area contributed by atoms with E-state index in [4.69, 9.17) is 0 Å². The van der Waals surface area contributed by atoms with Gasteiger partial charge in [-0.1, -0.05) is 13.5 Å². The Morgan fingerprint density at radius 1 is 1.33 bits per heavy atom. The Morgan fingerprint density at radius 3 is 2.13 bits per heavy atom. The van der Waals surface area contributed by atoms with Gasteiger partial charge in [-0.2, -0.15) is 22.0 Å². The van der Waals surface area contributed by atoms with Gasteiger partial charge in [0.1, 0.15) is 0 Å². The first-order chi connectivity index (χ1) is 6.72. The second kappa shape index (κ2) is 4.90. The molecule has 0 unspecified atom stereocenters. The van der Waals surface area contributed by atoms with Gasteiger partial charge in [0, 0.05) is 5.57 Å². The lowest BCUT2D eigenvalue weighted by Crippen LogP contribution is -2.26. The van der Waals surface area contributed by atoms with Gasteiger partial charge in [-0.05, 0) is 6.42 Å². The summed E-state index contributed by atoms with van der Waals surface area (Å²) in [5.41, 5.74) is -0.373. The maximum atomic E-state index is 12.4. The summed E-state index contributed by atoms with van der Waals surface area (Å²) in [4.78, 5) is 10.7. The molecule has 15 heavy (non-hydrogen) atoms. The fourth-order valence-electron chi connectivity index (χ4n) is 0.488. The van der Waals surface area contributed by atoms with Crippen molar-refractivity contribution >= 4 is 5.97 Å². The number of carbonyl (C=O) groups excluding carboxylic acids is 1. The minimum absolute atomic E-state index is 0.0155. The van der Waals surface area contributed by atoms with Crippen LogP contribution in [0.15, 0.2) is 24.1 Å². The molecule has 0 saturated carbocycles. The highest BCUT2D eigenvalue weighted by atomic mass is 19.3. The quantitative estimate of drug-likeness (QED) is 0.421. The van der Waals surface area contributed by atoms with Gasteiger partial charge in [0.15, 0.2) is 0 Å². The topological polar surface area (TPSA) is 26.3 Å². The molecule has 0 aromatic heterocycles. The summed E-state index contributed by atoms with van der Waals surface area (Å²) in [6, 6.07) is 0. The molecule has 2 nitrogen and oxygen atoms in total. The van der Waals surface area contributed by atoms with Gasteiger partial charge in [-0.25, -0.2) is 4.79 Å². The number of carbonyl (C=O) groups is 1. The predicted molar refractivity (Wildman–Crippen MR) is 40.8 cm³/mol. The Kier molecular flexibility index (Phi) is 4.44. The van der Waals surface area contributed by atoms with Gasteiger partial charge in [-0.3, -0.25) is 0 Å². The second-order valence-corrected chi connectivity index (χ2v) is 2.44. The summed E-state index contributed by atoms with van der Waals surface area (Å²) in [7, 11) is 0. The van der Waals surface area contributed by atoms with Crippen LogP contribution in [0, 0.1) is 0 Å². The first-order valence-corrected chi connectivity index (χ1v) is 3.72. The molecule has 0 bridgehead atoms. The monoisotopic (exact) mass is 230 g/mol. The molecule has 0 atom stereocenters. The van der Waals surface area contributed by atoms with Gasteiger partial charge in [-0.15, -0.1) is 0 Å². The zero-order valence-corrected chi connectivity index (χ0v) is 7.62. The smallest absolute Gasteiger partial charge is 0.392 e. The largest absolute Gasteiger partial charge is 0.461 e. The summed E-state index contributed by atoms with van der Waals surface area (Å²) in [6.07, 6.45) is -8.22. The van der Waals surface area contributed by atoms with Crippen molar-refractivity contribution in [3.63, 3.8) is 0 Å². The molecule has 0 rings (SSSR count). The molecule has 0 fully saturated rings. The summed E-state index contributed by atoms with van der Waals surface area (Å²) in [5, 5.41) is 0. The highest BCUT2D eigenvalue weighted by molar-refractivity contribution is 5.87. The fourth-order valence-corrected chi connectivity index (χ4v) is 0.488. The zero-order valence-electron chi connectivity index (χ0n) is 7.62. The lowest BCUT2D eigenvalue weighted by atomic mass is 10.2. The van der Waals surface area contributed by atoms with E-state index >= 15 is 0 Å². The molecule has 0 heterocycles. The van der Waals surface area contributed by atoms with E-state index in [2.05, 4.69) is 11.3 Å². The van der Waals surface area contributed by atoms with E-state index < -0.39 is 24.0 Å². The van der Waals surface area contributed by atoms with Crippen molar-refractivity contribution in [3.8, 4) is 0 Å². The van der Waals surface area contributed by atoms with Crippen LogP contribution in [0.5, 0.6) is 0 Å². The van der Waals surface area contributed by atoms with Crippen LogP contribution in [-0.4, -0.2) is 12.1 Å². The summed E-state index contributed by atoms with van der Waals surface area (Å²) < 4.78 is 63.1. The molecular formula is C8H7F5O2. The maximum absolute atomic E-state index is 12.4. The van der Waals surface area contributed by atoms with Crippen LogP contribution < -0.4 is 0 Å². The van der Waals surface area contributed by atoms with E-state index in [9.17, 15) is 26.7 Å². The average molecular weight is 230 g/mol. The first kappa shape index (κ1) is 13.6. The Labute approximate surface area is 82.0 Å². The van der Waals surface area contributed by atoms with E-state index in [1.807, 2.05) is 0 Å². The molecule has 7 heteroatoms. The van der Waals surface area contributed by atoms with Crippen molar-refractivity contribution < 1.29 is 31.5 Å².